The van der Waals surface area contributed by atoms with E-state index in [-0.39, 0.29) is 30.5 Å². The predicted octanol–water partition coefficient (Wildman–Crippen LogP) is 2.20. The molecule has 1 aromatic rings. The highest BCUT2D eigenvalue weighted by Crippen LogP contribution is 2.24. The molecule has 4 heteroatoms. The highest BCUT2D eigenvalue weighted by atomic mass is 16.5. The summed E-state index contributed by atoms with van der Waals surface area (Å²) >= 11 is 0. The minimum atomic E-state index is -0.00847. The summed E-state index contributed by atoms with van der Waals surface area (Å²) in [5, 5.41) is 9.10. The SMILES string of the molecule is CC(C)(C)c1ccc(OCC(=O)N2CCC(CO)C2)cc1. The van der Waals surface area contributed by atoms with Crippen molar-refractivity contribution in [2.45, 2.75) is 32.6 Å². The highest BCUT2D eigenvalue weighted by molar-refractivity contribution is 5.78. The number of rotatable bonds is 4. The first kappa shape index (κ1) is 15.8. The van der Waals surface area contributed by atoms with E-state index >= 15 is 0 Å². The van der Waals surface area contributed by atoms with Crippen molar-refractivity contribution in [1.82, 2.24) is 4.90 Å². The Bertz CT molecular complexity index is 476. The lowest BCUT2D eigenvalue weighted by Crippen LogP contribution is -2.33. The molecule has 1 fully saturated rings. The molecule has 2 rings (SSSR count). The molecule has 1 amide bonds. The van der Waals surface area contributed by atoms with Crippen LogP contribution in [0.25, 0.3) is 0 Å². The number of hydrogen-bond acceptors (Lipinski definition) is 3. The third-order valence-electron chi connectivity index (χ3n) is 3.98. The molecular weight excluding hydrogens is 266 g/mol. The second-order valence-electron chi connectivity index (χ2n) is 6.74. The summed E-state index contributed by atoms with van der Waals surface area (Å²) in [5.74, 6) is 0.931. The van der Waals surface area contributed by atoms with Gasteiger partial charge in [-0.1, -0.05) is 32.9 Å². The van der Waals surface area contributed by atoms with Gasteiger partial charge in [-0.15, -0.1) is 0 Å². The van der Waals surface area contributed by atoms with Gasteiger partial charge in [0.25, 0.3) is 5.91 Å². The minimum absolute atomic E-state index is 0.00847. The highest BCUT2D eigenvalue weighted by Gasteiger charge is 2.25. The lowest BCUT2D eigenvalue weighted by molar-refractivity contribution is -0.132. The van der Waals surface area contributed by atoms with E-state index in [1.54, 1.807) is 4.90 Å². The molecule has 0 aliphatic carbocycles. The van der Waals surface area contributed by atoms with Gasteiger partial charge in [0.2, 0.25) is 0 Å². The summed E-state index contributed by atoms with van der Waals surface area (Å²) in [6.07, 6.45) is 0.877. The van der Waals surface area contributed by atoms with E-state index in [9.17, 15) is 4.79 Å². The van der Waals surface area contributed by atoms with Gasteiger partial charge in [0.15, 0.2) is 6.61 Å². The van der Waals surface area contributed by atoms with E-state index < -0.39 is 0 Å². The minimum Gasteiger partial charge on any atom is -0.484 e. The van der Waals surface area contributed by atoms with Crippen LogP contribution in [0.3, 0.4) is 0 Å². The second-order valence-corrected chi connectivity index (χ2v) is 6.74. The standard InChI is InChI=1S/C17H25NO3/c1-17(2,3)14-4-6-15(7-5-14)21-12-16(20)18-9-8-13(10-18)11-19/h4-7,13,19H,8-12H2,1-3H3. The van der Waals surface area contributed by atoms with Crippen molar-refractivity contribution >= 4 is 5.91 Å². The van der Waals surface area contributed by atoms with E-state index in [0.717, 1.165) is 13.0 Å². The van der Waals surface area contributed by atoms with Gasteiger partial charge in [-0.25, -0.2) is 0 Å². The first-order valence-electron chi connectivity index (χ1n) is 7.52. The maximum absolute atomic E-state index is 12.0. The molecule has 1 aliphatic heterocycles. The van der Waals surface area contributed by atoms with Gasteiger partial charge in [-0.3, -0.25) is 4.79 Å². The second kappa shape index (κ2) is 6.48. The number of carbonyl (C=O) groups excluding carboxylic acids is 1. The molecular formula is C17H25NO3. The number of aliphatic hydroxyl groups is 1. The number of hydrogen-bond donors (Lipinski definition) is 1. The van der Waals surface area contributed by atoms with Crippen LogP contribution >= 0.6 is 0 Å². The number of likely N-dealkylation sites (tertiary alicyclic amines) is 1. The lowest BCUT2D eigenvalue weighted by Gasteiger charge is -2.19. The molecule has 1 N–H and O–H groups in total. The van der Waals surface area contributed by atoms with Crippen molar-refractivity contribution < 1.29 is 14.6 Å². The monoisotopic (exact) mass is 291 g/mol. The number of ether oxygens (including phenoxy) is 1. The Kier molecular flexibility index (Phi) is 4.88. The Hall–Kier alpha value is -1.55. The van der Waals surface area contributed by atoms with E-state index in [2.05, 4.69) is 20.8 Å². The molecule has 0 bridgehead atoms. The average Bonchev–Trinajstić information content (AvgIpc) is 2.93. The van der Waals surface area contributed by atoms with Gasteiger partial charge < -0.3 is 14.7 Å². The normalized spacial score (nSPS) is 18.9. The molecule has 1 aromatic carbocycles. The maximum atomic E-state index is 12.0. The van der Waals surface area contributed by atoms with Crippen LogP contribution in [0.2, 0.25) is 0 Å². The zero-order valence-electron chi connectivity index (χ0n) is 13.1. The fourth-order valence-electron chi connectivity index (χ4n) is 2.50. The summed E-state index contributed by atoms with van der Waals surface area (Å²) in [6.45, 7) is 8.07. The first-order chi connectivity index (χ1) is 9.90. The molecule has 21 heavy (non-hydrogen) atoms. The van der Waals surface area contributed by atoms with Crippen LogP contribution in [0.15, 0.2) is 24.3 Å². The number of aliphatic hydroxyl groups excluding tert-OH is 1. The molecule has 0 aromatic heterocycles. The molecule has 116 valence electrons. The van der Waals surface area contributed by atoms with Gasteiger partial charge in [-0.05, 0) is 29.5 Å². The zero-order valence-corrected chi connectivity index (χ0v) is 13.1. The molecule has 0 spiro atoms. The van der Waals surface area contributed by atoms with Gasteiger partial charge in [0.1, 0.15) is 5.75 Å². The number of nitrogens with zero attached hydrogens (tertiary/aromatic N) is 1. The topological polar surface area (TPSA) is 49.8 Å². The van der Waals surface area contributed by atoms with Gasteiger partial charge in [-0.2, -0.15) is 0 Å². The van der Waals surface area contributed by atoms with Crippen LogP contribution in [-0.4, -0.2) is 42.2 Å². The summed E-state index contributed by atoms with van der Waals surface area (Å²) in [7, 11) is 0. The van der Waals surface area contributed by atoms with E-state index in [4.69, 9.17) is 9.84 Å². The van der Waals surface area contributed by atoms with E-state index in [0.29, 0.717) is 12.3 Å². The Balaban J connectivity index is 1.84. The van der Waals surface area contributed by atoms with Crippen molar-refractivity contribution in [1.29, 1.82) is 0 Å². The zero-order chi connectivity index (χ0) is 15.5. The summed E-state index contributed by atoms with van der Waals surface area (Å²) in [4.78, 5) is 13.8. The Labute approximate surface area is 126 Å². The third-order valence-corrected chi connectivity index (χ3v) is 3.98. The average molecular weight is 291 g/mol. The number of amides is 1. The predicted molar refractivity (Wildman–Crippen MR) is 82.4 cm³/mol. The number of benzene rings is 1. The van der Waals surface area contributed by atoms with Crippen LogP contribution in [-0.2, 0) is 10.2 Å². The molecule has 1 saturated heterocycles. The van der Waals surface area contributed by atoms with Crippen LogP contribution in [0.1, 0.15) is 32.8 Å². The van der Waals surface area contributed by atoms with Gasteiger partial charge in [0.05, 0.1) is 0 Å². The summed E-state index contributed by atoms with van der Waals surface area (Å²) in [5.41, 5.74) is 1.36. The largest absolute Gasteiger partial charge is 0.484 e. The van der Waals surface area contributed by atoms with Crippen LogP contribution in [0, 0.1) is 5.92 Å². The van der Waals surface area contributed by atoms with Crippen molar-refractivity contribution in [3.8, 4) is 5.75 Å². The maximum Gasteiger partial charge on any atom is 0.260 e. The van der Waals surface area contributed by atoms with Crippen molar-refractivity contribution in [2.24, 2.45) is 5.92 Å². The molecule has 1 heterocycles. The molecule has 1 aliphatic rings. The van der Waals surface area contributed by atoms with Crippen molar-refractivity contribution in [2.75, 3.05) is 26.3 Å². The first-order valence-corrected chi connectivity index (χ1v) is 7.52. The van der Waals surface area contributed by atoms with Gasteiger partial charge >= 0.3 is 0 Å². The number of carbonyl (C=O) groups is 1. The van der Waals surface area contributed by atoms with Crippen molar-refractivity contribution in [3.63, 3.8) is 0 Å². The van der Waals surface area contributed by atoms with Crippen LogP contribution in [0.4, 0.5) is 0 Å². The lowest BCUT2D eigenvalue weighted by atomic mass is 9.87. The summed E-state index contributed by atoms with van der Waals surface area (Å²) < 4.78 is 5.56. The molecule has 1 unspecified atom stereocenters. The summed E-state index contributed by atoms with van der Waals surface area (Å²) in [6, 6.07) is 7.90. The molecule has 4 nitrogen and oxygen atoms in total. The smallest absolute Gasteiger partial charge is 0.260 e. The molecule has 0 radical (unpaired) electrons. The molecule has 1 atom stereocenters. The molecule has 0 saturated carbocycles. The Morgan fingerprint density at radius 2 is 2.00 bits per heavy atom. The Morgan fingerprint density at radius 3 is 2.52 bits per heavy atom. The van der Waals surface area contributed by atoms with E-state index in [1.807, 2.05) is 24.3 Å². The fraction of sp³-hybridized carbons (Fsp3) is 0.588. The Morgan fingerprint density at radius 1 is 1.33 bits per heavy atom. The third kappa shape index (κ3) is 4.21. The van der Waals surface area contributed by atoms with E-state index in [1.165, 1.54) is 5.56 Å². The van der Waals surface area contributed by atoms with Crippen LogP contribution < -0.4 is 4.74 Å². The van der Waals surface area contributed by atoms with Gasteiger partial charge in [0, 0.05) is 25.6 Å². The van der Waals surface area contributed by atoms with Crippen molar-refractivity contribution in [3.05, 3.63) is 29.8 Å². The quantitative estimate of drug-likeness (QED) is 0.925. The van der Waals surface area contributed by atoms with Crippen LogP contribution in [0.5, 0.6) is 5.75 Å². The fourth-order valence-corrected chi connectivity index (χ4v) is 2.50.